The smallest absolute Gasteiger partial charge is 0.257 e. The predicted molar refractivity (Wildman–Crippen MR) is 79.6 cm³/mol. The molecule has 0 spiro atoms. The van der Waals surface area contributed by atoms with E-state index in [1.165, 1.54) is 11.3 Å². The van der Waals surface area contributed by atoms with Crippen molar-refractivity contribution in [1.29, 1.82) is 0 Å². The molecule has 1 amide bonds. The van der Waals surface area contributed by atoms with Gasteiger partial charge in [-0.25, -0.2) is 4.98 Å². The van der Waals surface area contributed by atoms with Crippen LogP contribution in [-0.4, -0.2) is 10.9 Å². The minimum absolute atomic E-state index is 0.129. The Hall–Kier alpha value is -1.88. The second kappa shape index (κ2) is 5.01. The van der Waals surface area contributed by atoms with E-state index in [0.29, 0.717) is 15.7 Å². The van der Waals surface area contributed by atoms with E-state index in [2.05, 4.69) is 10.3 Å². The molecule has 0 aliphatic rings. The maximum Gasteiger partial charge on any atom is 0.257 e. The van der Waals surface area contributed by atoms with Gasteiger partial charge in [-0.05, 0) is 12.1 Å². The Bertz CT molecular complexity index is 584. The van der Waals surface area contributed by atoms with E-state index in [0.717, 1.165) is 5.69 Å². The number of anilines is 2. The summed E-state index contributed by atoms with van der Waals surface area (Å²) in [4.78, 5) is 16.4. The van der Waals surface area contributed by atoms with E-state index >= 15 is 0 Å². The van der Waals surface area contributed by atoms with Crippen LogP contribution in [0.25, 0.3) is 0 Å². The maximum atomic E-state index is 12.0. The van der Waals surface area contributed by atoms with Gasteiger partial charge >= 0.3 is 0 Å². The molecule has 0 unspecified atom stereocenters. The third-order valence-electron chi connectivity index (χ3n) is 2.62. The molecule has 4 nitrogen and oxygen atoms in total. The van der Waals surface area contributed by atoms with Crippen LogP contribution >= 0.6 is 11.3 Å². The fraction of sp³-hybridized carbons (Fsp3) is 0.286. The van der Waals surface area contributed by atoms with Crippen LogP contribution in [0, 0.1) is 0 Å². The lowest BCUT2D eigenvalue weighted by Gasteiger charge is -2.15. The molecule has 5 heteroatoms. The van der Waals surface area contributed by atoms with Gasteiger partial charge in [0.2, 0.25) is 0 Å². The number of hydrogen-bond donors (Lipinski definition) is 2. The minimum Gasteiger partial charge on any atom is -0.389 e. The van der Waals surface area contributed by atoms with Gasteiger partial charge in [0.25, 0.3) is 5.91 Å². The van der Waals surface area contributed by atoms with Crippen LogP contribution in [-0.2, 0) is 5.41 Å². The molecule has 0 radical (unpaired) electrons. The van der Waals surface area contributed by atoms with Gasteiger partial charge in [0, 0.05) is 11.0 Å². The van der Waals surface area contributed by atoms with Gasteiger partial charge in [-0.2, -0.15) is 0 Å². The lowest BCUT2D eigenvalue weighted by Crippen LogP contribution is -2.15. The number of aromatic nitrogens is 1. The Morgan fingerprint density at radius 3 is 2.42 bits per heavy atom. The molecule has 0 atom stereocenters. The Kier molecular flexibility index (Phi) is 3.57. The van der Waals surface area contributed by atoms with Crippen LogP contribution in [0.15, 0.2) is 30.3 Å². The average molecular weight is 275 g/mol. The van der Waals surface area contributed by atoms with Gasteiger partial charge in [0.05, 0.1) is 5.69 Å². The Labute approximate surface area is 116 Å². The molecule has 100 valence electrons. The molecule has 0 bridgehead atoms. The maximum absolute atomic E-state index is 12.0. The predicted octanol–water partition coefficient (Wildman–Crippen LogP) is 3.28. The molecular formula is C14H17N3OS. The Morgan fingerprint density at radius 2 is 1.89 bits per heavy atom. The van der Waals surface area contributed by atoms with Crippen molar-refractivity contribution in [2.45, 2.75) is 26.2 Å². The first-order valence-corrected chi connectivity index (χ1v) is 6.83. The number of hydrogen-bond acceptors (Lipinski definition) is 4. The van der Waals surface area contributed by atoms with Crippen molar-refractivity contribution in [2.75, 3.05) is 11.1 Å². The number of rotatable bonds is 2. The van der Waals surface area contributed by atoms with Crippen molar-refractivity contribution >= 4 is 27.4 Å². The van der Waals surface area contributed by atoms with Gasteiger partial charge in [-0.3, -0.25) is 10.1 Å². The van der Waals surface area contributed by atoms with Gasteiger partial charge in [-0.1, -0.05) is 50.3 Å². The van der Waals surface area contributed by atoms with Crippen LogP contribution in [0.1, 0.15) is 36.8 Å². The lowest BCUT2D eigenvalue weighted by molar-refractivity contribution is 0.102. The topological polar surface area (TPSA) is 68.0 Å². The van der Waals surface area contributed by atoms with Crippen molar-refractivity contribution in [3.63, 3.8) is 0 Å². The summed E-state index contributed by atoms with van der Waals surface area (Å²) in [6, 6.07) is 9.04. The largest absolute Gasteiger partial charge is 0.389 e. The zero-order valence-electron chi connectivity index (χ0n) is 11.2. The molecule has 2 aromatic rings. The van der Waals surface area contributed by atoms with E-state index in [1.54, 1.807) is 12.1 Å². The van der Waals surface area contributed by atoms with Crippen molar-refractivity contribution in [3.05, 3.63) is 41.6 Å². The Morgan fingerprint density at radius 1 is 1.26 bits per heavy atom. The fourth-order valence-corrected chi connectivity index (χ4v) is 2.62. The molecule has 2 rings (SSSR count). The quantitative estimate of drug-likeness (QED) is 0.883. The number of nitrogen functional groups attached to an aromatic ring is 1. The summed E-state index contributed by atoms with van der Waals surface area (Å²) < 4.78 is 0. The van der Waals surface area contributed by atoms with Crippen molar-refractivity contribution < 1.29 is 4.79 Å². The monoisotopic (exact) mass is 275 g/mol. The first-order valence-electron chi connectivity index (χ1n) is 6.01. The molecule has 1 aromatic heterocycles. The van der Waals surface area contributed by atoms with Crippen molar-refractivity contribution in [3.8, 4) is 0 Å². The number of carbonyl (C=O) groups is 1. The summed E-state index contributed by atoms with van der Waals surface area (Å²) in [6.45, 7) is 6.13. The van der Waals surface area contributed by atoms with Crippen LogP contribution in [0.2, 0.25) is 0 Å². The summed E-state index contributed by atoms with van der Waals surface area (Å²) in [5, 5.41) is 3.97. The first-order chi connectivity index (χ1) is 8.88. The van der Waals surface area contributed by atoms with Gasteiger partial charge in [0.15, 0.2) is 5.13 Å². The summed E-state index contributed by atoms with van der Waals surface area (Å²) in [5.41, 5.74) is 7.24. The number of nitrogens with zero attached hydrogens (tertiary/aromatic N) is 1. The highest BCUT2D eigenvalue weighted by Gasteiger charge is 2.22. The third-order valence-corrected chi connectivity index (χ3v) is 3.42. The third kappa shape index (κ3) is 3.12. The van der Waals surface area contributed by atoms with Gasteiger partial charge in [-0.15, -0.1) is 0 Å². The summed E-state index contributed by atoms with van der Waals surface area (Å²) in [6.07, 6.45) is 0. The van der Waals surface area contributed by atoms with Crippen molar-refractivity contribution in [1.82, 2.24) is 4.98 Å². The number of nitrogens with one attached hydrogen (secondary N) is 1. The number of thiazole rings is 1. The molecule has 19 heavy (non-hydrogen) atoms. The number of nitrogens with two attached hydrogens (primary N) is 1. The molecule has 0 saturated carbocycles. The lowest BCUT2D eigenvalue weighted by atomic mass is 9.93. The first kappa shape index (κ1) is 13.5. The second-order valence-electron chi connectivity index (χ2n) is 5.30. The van der Waals surface area contributed by atoms with E-state index in [4.69, 9.17) is 5.73 Å². The number of carbonyl (C=O) groups excluding carboxylic acids is 1. The van der Waals surface area contributed by atoms with Gasteiger partial charge < -0.3 is 5.73 Å². The highest BCUT2D eigenvalue weighted by molar-refractivity contribution is 7.19. The zero-order valence-corrected chi connectivity index (χ0v) is 12.0. The van der Waals surface area contributed by atoms with E-state index in [1.807, 2.05) is 39.0 Å². The molecule has 0 aliphatic heterocycles. The van der Waals surface area contributed by atoms with E-state index in [9.17, 15) is 4.79 Å². The zero-order chi connectivity index (χ0) is 14.0. The minimum atomic E-state index is -0.171. The standard InChI is InChI=1S/C14H17N3OS/c1-14(2,3)10-11(15)19-13(16-10)17-12(18)9-7-5-4-6-8-9/h4-8H,15H2,1-3H3,(H,16,17,18). The second-order valence-corrected chi connectivity index (χ2v) is 6.33. The Balaban J connectivity index is 2.19. The molecule has 0 fully saturated rings. The highest BCUT2D eigenvalue weighted by atomic mass is 32.1. The average Bonchev–Trinajstić information content (AvgIpc) is 2.71. The van der Waals surface area contributed by atoms with Crippen LogP contribution in [0.3, 0.4) is 0 Å². The van der Waals surface area contributed by atoms with E-state index in [-0.39, 0.29) is 11.3 Å². The van der Waals surface area contributed by atoms with Crippen LogP contribution in [0.5, 0.6) is 0 Å². The summed E-state index contributed by atoms with van der Waals surface area (Å²) in [5.74, 6) is -0.171. The van der Waals surface area contributed by atoms with Crippen molar-refractivity contribution in [2.24, 2.45) is 0 Å². The van der Waals surface area contributed by atoms with E-state index < -0.39 is 0 Å². The van der Waals surface area contributed by atoms with Crippen LogP contribution in [0.4, 0.5) is 10.1 Å². The summed E-state index contributed by atoms with van der Waals surface area (Å²) in [7, 11) is 0. The molecule has 3 N–H and O–H groups in total. The summed E-state index contributed by atoms with van der Waals surface area (Å²) >= 11 is 1.30. The van der Waals surface area contributed by atoms with Crippen LogP contribution < -0.4 is 11.1 Å². The SMILES string of the molecule is CC(C)(C)c1nc(NC(=O)c2ccccc2)sc1N. The number of amides is 1. The highest BCUT2D eigenvalue weighted by Crippen LogP contribution is 2.34. The molecular weight excluding hydrogens is 258 g/mol. The molecule has 1 aromatic carbocycles. The number of benzene rings is 1. The molecule has 0 saturated heterocycles. The normalized spacial score (nSPS) is 11.3. The molecule has 1 heterocycles. The fourth-order valence-electron chi connectivity index (χ4n) is 1.68. The van der Waals surface area contributed by atoms with Gasteiger partial charge in [0.1, 0.15) is 5.00 Å². The molecule has 0 aliphatic carbocycles.